The minimum atomic E-state index is -0.562. The molecule has 0 aliphatic carbocycles. The van der Waals surface area contributed by atoms with Crippen molar-refractivity contribution in [3.05, 3.63) is 58.6 Å². The molecule has 92 valence electrons. The average molecular weight is 265 g/mol. The van der Waals surface area contributed by atoms with Gasteiger partial charge in [-0.15, -0.1) is 0 Å². The van der Waals surface area contributed by atoms with E-state index < -0.39 is 11.7 Å². The molecule has 1 aromatic carbocycles. The highest BCUT2D eigenvalue weighted by Gasteiger charge is 2.13. The third-order valence-corrected chi connectivity index (χ3v) is 2.71. The molecule has 0 spiro atoms. The highest BCUT2D eigenvalue weighted by molar-refractivity contribution is 6.33. The number of hydrogen-bond donors (Lipinski definition) is 1. The molecular formula is C13H10ClFN2O. The van der Waals surface area contributed by atoms with Gasteiger partial charge in [-0.25, -0.2) is 4.39 Å². The number of anilines is 1. The summed E-state index contributed by atoms with van der Waals surface area (Å²) in [6.45, 7) is 1.75. The van der Waals surface area contributed by atoms with Crippen molar-refractivity contribution in [3.8, 4) is 0 Å². The summed E-state index contributed by atoms with van der Waals surface area (Å²) in [6.07, 6.45) is 2.91. The fourth-order valence-electron chi connectivity index (χ4n) is 1.46. The number of aryl methyl sites for hydroxylation is 1. The van der Waals surface area contributed by atoms with Crippen LogP contribution in [0, 0.1) is 12.7 Å². The Morgan fingerprint density at radius 2 is 2.17 bits per heavy atom. The molecule has 0 saturated heterocycles. The van der Waals surface area contributed by atoms with E-state index in [9.17, 15) is 9.18 Å². The van der Waals surface area contributed by atoms with Crippen LogP contribution in [0.3, 0.4) is 0 Å². The Labute approximate surface area is 109 Å². The molecule has 0 aliphatic rings. The van der Waals surface area contributed by atoms with Gasteiger partial charge in [-0.1, -0.05) is 17.7 Å². The van der Waals surface area contributed by atoms with Crippen molar-refractivity contribution in [2.75, 3.05) is 5.32 Å². The largest absolute Gasteiger partial charge is 0.319 e. The van der Waals surface area contributed by atoms with Gasteiger partial charge in [-0.3, -0.25) is 9.78 Å². The number of amides is 1. The zero-order valence-electron chi connectivity index (χ0n) is 9.58. The lowest BCUT2D eigenvalue weighted by Gasteiger charge is -2.07. The zero-order valence-corrected chi connectivity index (χ0v) is 10.3. The van der Waals surface area contributed by atoms with Crippen LogP contribution in [0.4, 0.5) is 10.1 Å². The number of nitrogens with zero attached hydrogens (tertiary/aromatic N) is 1. The second-order valence-electron chi connectivity index (χ2n) is 3.79. The Hall–Kier alpha value is -1.94. The molecule has 18 heavy (non-hydrogen) atoms. The summed E-state index contributed by atoms with van der Waals surface area (Å²) >= 11 is 5.87. The van der Waals surface area contributed by atoms with Crippen molar-refractivity contribution in [1.82, 2.24) is 4.98 Å². The van der Waals surface area contributed by atoms with Gasteiger partial charge in [-0.2, -0.15) is 0 Å². The van der Waals surface area contributed by atoms with E-state index in [0.29, 0.717) is 10.7 Å². The van der Waals surface area contributed by atoms with Crippen LogP contribution in [0.5, 0.6) is 0 Å². The highest BCUT2D eigenvalue weighted by atomic mass is 35.5. The number of aromatic nitrogens is 1. The number of rotatable bonds is 2. The fraction of sp³-hybridized carbons (Fsp3) is 0.0769. The van der Waals surface area contributed by atoms with Gasteiger partial charge in [0.05, 0.1) is 22.5 Å². The average Bonchev–Trinajstić information content (AvgIpc) is 2.32. The van der Waals surface area contributed by atoms with Gasteiger partial charge in [0.25, 0.3) is 5.91 Å². The molecule has 1 heterocycles. The van der Waals surface area contributed by atoms with Crippen molar-refractivity contribution >= 4 is 23.2 Å². The molecule has 0 radical (unpaired) electrons. The summed E-state index contributed by atoms with van der Waals surface area (Å²) in [7, 11) is 0. The maximum atomic E-state index is 13.6. The molecule has 1 N–H and O–H groups in total. The van der Waals surface area contributed by atoms with Gasteiger partial charge in [0, 0.05) is 6.20 Å². The van der Waals surface area contributed by atoms with Crippen LogP contribution in [0.1, 0.15) is 15.9 Å². The Bertz CT molecular complexity index is 601. The second-order valence-corrected chi connectivity index (χ2v) is 4.20. The molecule has 0 saturated carbocycles. The van der Waals surface area contributed by atoms with Crippen molar-refractivity contribution < 1.29 is 9.18 Å². The monoisotopic (exact) mass is 264 g/mol. The Balaban J connectivity index is 2.25. The first kappa shape index (κ1) is 12.5. The van der Waals surface area contributed by atoms with E-state index in [2.05, 4.69) is 10.3 Å². The number of halogens is 2. The molecule has 5 heteroatoms. The van der Waals surface area contributed by atoms with Crippen LogP contribution in [-0.4, -0.2) is 10.9 Å². The first-order valence-corrected chi connectivity index (χ1v) is 5.63. The summed E-state index contributed by atoms with van der Waals surface area (Å²) in [5, 5.41) is 2.87. The molecule has 0 fully saturated rings. The summed E-state index contributed by atoms with van der Waals surface area (Å²) in [4.78, 5) is 15.7. The van der Waals surface area contributed by atoms with E-state index in [1.165, 1.54) is 24.5 Å². The maximum absolute atomic E-state index is 13.6. The predicted octanol–water partition coefficient (Wildman–Crippen LogP) is 3.43. The maximum Gasteiger partial charge on any atom is 0.258 e. The normalized spacial score (nSPS) is 10.2. The number of pyridine rings is 1. The van der Waals surface area contributed by atoms with Gasteiger partial charge in [0.2, 0.25) is 0 Å². The van der Waals surface area contributed by atoms with E-state index in [1.54, 1.807) is 19.1 Å². The van der Waals surface area contributed by atoms with Crippen LogP contribution in [-0.2, 0) is 0 Å². The molecule has 1 aromatic heterocycles. The number of carbonyl (C=O) groups excluding carboxylic acids is 1. The summed E-state index contributed by atoms with van der Waals surface area (Å²) in [5.41, 5.74) is 1.08. The second kappa shape index (κ2) is 5.14. The van der Waals surface area contributed by atoms with Gasteiger partial charge >= 0.3 is 0 Å². The number of nitrogens with one attached hydrogen (secondary N) is 1. The van der Waals surface area contributed by atoms with Crippen molar-refractivity contribution in [1.29, 1.82) is 0 Å². The molecule has 0 atom stereocenters. The summed E-state index contributed by atoms with van der Waals surface area (Å²) in [5.74, 6) is -1.12. The van der Waals surface area contributed by atoms with Crippen molar-refractivity contribution in [2.45, 2.75) is 6.92 Å². The molecule has 0 bridgehead atoms. The summed E-state index contributed by atoms with van der Waals surface area (Å²) < 4.78 is 13.6. The topological polar surface area (TPSA) is 42.0 Å². The van der Waals surface area contributed by atoms with Crippen molar-refractivity contribution in [3.63, 3.8) is 0 Å². The highest BCUT2D eigenvalue weighted by Crippen LogP contribution is 2.20. The molecule has 3 nitrogen and oxygen atoms in total. The quantitative estimate of drug-likeness (QED) is 0.903. The lowest BCUT2D eigenvalue weighted by Crippen LogP contribution is -2.14. The summed E-state index contributed by atoms with van der Waals surface area (Å²) in [6, 6.07) is 5.95. The zero-order chi connectivity index (χ0) is 13.1. The van der Waals surface area contributed by atoms with Crippen LogP contribution in [0.2, 0.25) is 5.02 Å². The van der Waals surface area contributed by atoms with Crippen LogP contribution in [0.15, 0.2) is 36.7 Å². The van der Waals surface area contributed by atoms with E-state index in [0.717, 1.165) is 5.56 Å². The molecular weight excluding hydrogens is 255 g/mol. The molecule has 1 amide bonds. The van der Waals surface area contributed by atoms with E-state index >= 15 is 0 Å². The molecule has 0 unspecified atom stereocenters. The Morgan fingerprint density at radius 1 is 1.39 bits per heavy atom. The predicted molar refractivity (Wildman–Crippen MR) is 68.3 cm³/mol. The first-order valence-electron chi connectivity index (χ1n) is 5.25. The van der Waals surface area contributed by atoms with Gasteiger partial charge in [0.15, 0.2) is 0 Å². The lowest BCUT2D eigenvalue weighted by atomic mass is 10.1. The third kappa shape index (κ3) is 2.65. The smallest absolute Gasteiger partial charge is 0.258 e. The van der Waals surface area contributed by atoms with Crippen LogP contribution < -0.4 is 5.32 Å². The van der Waals surface area contributed by atoms with Gasteiger partial charge in [0.1, 0.15) is 5.82 Å². The minimum absolute atomic E-state index is 0.0273. The van der Waals surface area contributed by atoms with E-state index in [4.69, 9.17) is 11.6 Å². The van der Waals surface area contributed by atoms with Gasteiger partial charge in [-0.05, 0) is 30.7 Å². The Morgan fingerprint density at radius 3 is 2.83 bits per heavy atom. The first-order chi connectivity index (χ1) is 8.58. The fourth-order valence-corrected chi connectivity index (χ4v) is 1.62. The number of benzene rings is 1. The Kier molecular flexibility index (Phi) is 3.58. The lowest BCUT2D eigenvalue weighted by molar-refractivity contribution is 0.102. The van der Waals surface area contributed by atoms with E-state index in [1.807, 2.05) is 0 Å². The van der Waals surface area contributed by atoms with Crippen molar-refractivity contribution in [2.24, 2.45) is 0 Å². The van der Waals surface area contributed by atoms with Gasteiger partial charge < -0.3 is 5.32 Å². The molecule has 2 aromatic rings. The standard InChI is InChI=1S/C13H10ClFN2O/c1-8-2-3-9(11(15)6-8)13(18)17-12-7-16-5-4-10(12)14/h2-7H,1H3,(H,17,18). The van der Waals surface area contributed by atoms with Crippen LogP contribution in [0.25, 0.3) is 0 Å². The third-order valence-electron chi connectivity index (χ3n) is 2.39. The molecule has 0 aliphatic heterocycles. The number of hydrogen-bond acceptors (Lipinski definition) is 2. The van der Waals surface area contributed by atoms with Crippen LogP contribution >= 0.6 is 11.6 Å². The molecule has 2 rings (SSSR count). The number of carbonyl (C=O) groups is 1. The van der Waals surface area contributed by atoms with E-state index in [-0.39, 0.29) is 5.56 Å². The SMILES string of the molecule is Cc1ccc(C(=O)Nc2cnccc2Cl)c(F)c1. The minimum Gasteiger partial charge on any atom is -0.319 e.